The molecule has 32 heavy (non-hydrogen) atoms. The number of rotatable bonds is 11. The number of hydrogen-bond donors (Lipinski definition) is 2. The molecule has 2 N–H and O–H groups in total. The zero-order valence-corrected chi connectivity index (χ0v) is 18.8. The summed E-state index contributed by atoms with van der Waals surface area (Å²) in [5, 5.41) is 5.38. The van der Waals surface area contributed by atoms with Crippen LogP contribution in [0.4, 0.5) is 0 Å². The van der Waals surface area contributed by atoms with Crippen LogP contribution >= 0.6 is 0 Å². The van der Waals surface area contributed by atoms with Gasteiger partial charge in [-0.1, -0.05) is 50.2 Å². The lowest BCUT2D eigenvalue weighted by Gasteiger charge is -2.21. The summed E-state index contributed by atoms with van der Waals surface area (Å²) in [6.07, 6.45) is 0.156. The van der Waals surface area contributed by atoms with Crippen molar-refractivity contribution >= 4 is 17.8 Å². The maximum Gasteiger partial charge on any atom is 0.329 e. The third kappa shape index (κ3) is 7.61. The third-order valence-corrected chi connectivity index (χ3v) is 4.73. The van der Waals surface area contributed by atoms with E-state index in [-0.39, 0.29) is 24.8 Å². The van der Waals surface area contributed by atoms with Gasteiger partial charge < -0.3 is 24.8 Å². The van der Waals surface area contributed by atoms with Gasteiger partial charge in [-0.2, -0.15) is 0 Å². The van der Waals surface area contributed by atoms with Crippen molar-refractivity contribution in [2.75, 3.05) is 20.8 Å². The highest BCUT2D eigenvalue weighted by atomic mass is 16.5. The minimum absolute atomic E-state index is 0.156. The maximum absolute atomic E-state index is 12.5. The van der Waals surface area contributed by atoms with Crippen LogP contribution in [0.25, 0.3) is 0 Å². The van der Waals surface area contributed by atoms with Crippen molar-refractivity contribution in [2.45, 2.75) is 32.9 Å². The standard InChI is InChI=1S/C24H30N2O6/c1-16(2)23(26-21(27)13-17-8-6-5-7-9-17)24(29)32-15-22(28)25-14-18-10-11-19(30-3)20(12-18)31-4/h5-12,16,23H,13-15H2,1-4H3,(H,25,28)(H,26,27)/t23-/m0/s1. The van der Waals surface area contributed by atoms with E-state index in [4.69, 9.17) is 14.2 Å². The van der Waals surface area contributed by atoms with Gasteiger partial charge in [0, 0.05) is 6.54 Å². The van der Waals surface area contributed by atoms with E-state index in [2.05, 4.69) is 10.6 Å². The van der Waals surface area contributed by atoms with Gasteiger partial charge in [-0.05, 0) is 29.2 Å². The number of esters is 1. The fourth-order valence-electron chi connectivity index (χ4n) is 2.97. The van der Waals surface area contributed by atoms with E-state index in [1.165, 1.54) is 7.11 Å². The smallest absolute Gasteiger partial charge is 0.329 e. The highest BCUT2D eigenvalue weighted by Gasteiger charge is 2.26. The van der Waals surface area contributed by atoms with Crippen LogP contribution in [0.2, 0.25) is 0 Å². The van der Waals surface area contributed by atoms with E-state index < -0.39 is 24.5 Å². The molecule has 0 aromatic heterocycles. The molecule has 0 aliphatic heterocycles. The van der Waals surface area contributed by atoms with Crippen molar-refractivity contribution in [3.05, 3.63) is 59.7 Å². The van der Waals surface area contributed by atoms with E-state index in [0.29, 0.717) is 11.5 Å². The second-order valence-corrected chi connectivity index (χ2v) is 7.53. The number of amides is 2. The van der Waals surface area contributed by atoms with E-state index in [1.54, 1.807) is 39.2 Å². The summed E-state index contributed by atoms with van der Waals surface area (Å²) in [5.74, 6) is -0.446. The van der Waals surface area contributed by atoms with Gasteiger partial charge in [0.15, 0.2) is 18.1 Å². The predicted octanol–water partition coefficient (Wildman–Crippen LogP) is 2.25. The van der Waals surface area contributed by atoms with Crippen molar-refractivity contribution in [1.82, 2.24) is 10.6 Å². The van der Waals surface area contributed by atoms with Crippen molar-refractivity contribution < 1.29 is 28.6 Å². The predicted molar refractivity (Wildman–Crippen MR) is 119 cm³/mol. The first-order valence-electron chi connectivity index (χ1n) is 10.3. The summed E-state index contributed by atoms with van der Waals surface area (Å²) in [4.78, 5) is 36.9. The van der Waals surface area contributed by atoms with Gasteiger partial charge >= 0.3 is 5.97 Å². The summed E-state index contributed by atoms with van der Waals surface area (Å²) in [6, 6.07) is 13.7. The molecule has 0 aliphatic rings. The van der Waals surface area contributed by atoms with E-state index in [1.807, 2.05) is 30.3 Å². The van der Waals surface area contributed by atoms with Crippen molar-refractivity contribution in [3.8, 4) is 11.5 Å². The molecule has 8 nitrogen and oxygen atoms in total. The molecule has 8 heteroatoms. The number of hydrogen-bond acceptors (Lipinski definition) is 6. The first-order chi connectivity index (χ1) is 15.3. The van der Waals surface area contributed by atoms with Gasteiger partial charge in [0.05, 0.1) is 20.6 Å². The average Bonchev–Trinajstić information content (AvgIpc) is 2.79. The fraction of sp³-hybridized carbons (Fsp3) is 0.375. The monoisotopic (exact) mass is 442 g/mol. The Morgan fingerprint density at radius 1 is 0.875 bits per heavy atom. The molecule has 172 valence electrons. The summed E-state index contributed by atoms with van der Waals surface area (Å²) in [6.45, 7) is 3.39. The molecular formula is C24H30N2O6. The quantitative estimate of drug-likeness (QED) is 0.518. The van der Waals surface area contributed by atoms with Gasteiger partial charge in [0.1, 0.15) is 6.04 Å². The lowest BCUT2D eigenvalue weighted by molar-refractivity contribution is -0.152. The second-order valence-electron chi connectivity index (χ2n) is 7.53. The van der Waals surface area contributed by atoms with Crippen LogP contribution in [0.5, 0.6) is 11.5 Å². The lowest BCUT2D eigenvalue weighted by atomic mass is 10.0. The normalized spacial score (nSPS) is 11.4. The zero-order chi connectivity index (χ0) is 23.5. The van der Waals surface area contributed by atoms with E-state index >= 15 is 0 Å². The Morgan fingerprint density at radius 2 is 1.56 bits per heavy atom. The van der Waals surface area contributed by atoms with Crippen LogP contribution in [-0.4, -0.2) is 44.7 Å². The molecule has 2 amide bonds. The molecule has 2 aromatic rings. The molecule has 0 saturated heterocycles. The zero-order valence-electron chi connectivity index (χ0n) is 18.8. The lowest BCUT2D eigenvalue weighted by Crippen LogP contribution is -2.46. The molecule has 0 saturated carbocycles. The van der Waals surface area contributed by atoms with Crippen molar-refractivity contribution in [1.29, 1.82) is 0 Å². The molecule has 2 aromatic carbocycles. The van der Waals surface area contributed by atoms with Gasteiger partial charge in [0.2, 0.25) is 5.91 Å². The Labute approximate surface area is 188 Å². The summed E-state index contributed by atoms with van der Waals surface area (Å²) in [5.41, 5.74) is 1.64. The van der Waals surface area contributed by atoms with Crippen LogP contribution in [0.3, 0.4) is 0 Å². The second kappa shape index (κ2) is 12.3. The molecule has 0 fully saturated rings. The summed E-state index contributed by atoms with van der Waals surface area (Å²) >= 11 is 0. The Bertz CT molecular complexity index is 914. The largest absolute Gasteiger partial charge is 0.493 e. The number of methoxy groups -OCH3 is 2. The molecule has 0 spiro atoms. The Kier molecular flexibility index (Phi) is 9.53. The van der Waals surface area contributed by atoms with Crippen LogP contribution < -0.4 is 20.1 Å². The minimum Gasteiger partial charge on any atom is -0.493 e. The first-order valence-corrected chi connectivity index (χ1v) is 10.3. The molecule has 0 aliphatic carbocycles. The molecule has 2 rings (SSSR count). The maximum atomic E-state index is 12.5. The number of benzene rings is 2. The Balaban J connectivity index is 1.83. The van der Waals surface area contributed by atoms with Gasteiger partial charge in [-0.3, -0.25) is 9.59 Å². The third-order valence-electron chi connectivity index (χ3n) is 4.73. The number of ether oxygens (including phenoxy) is 3. The first kappa shape index (κ1) is 24.7. The van der Waals surface area contributed by atoms with E-state index in [9.17, 15) is 14.4 Å². The molecule has 1 atom stereocenters. The molecule has 0 bridgehead atoms. The van der Waals surface area contributed by atoms with Crippen molar-refractivity contribution in [3.63, 3.8) is 0 Å². The molecule has 0 unspecified atom stereocenters. The van der Waals surface area contributed by atoms with Crippen LogP contribution in [0.1, 0.15) is 25.0 Å². The SMILES string of the molecule is COc1ccc(CNC(=O)COC(=O)[C@@H](NC(=O)Cc2ccccc2)C(C)C)cc1OC. The van der Waals surface area contributed by atoms with Gasteiger partial charge in [-0.25, -0.2) is 4.79 Å². The van der Waals surface area contributed by atoms with Crippen molar-refractivity contribution in [2.24, 2.45) is 5.92 Å². The Morgan fingerprint density at radius 3 is 2.19 bits per heavy atom. The number of carbonyl (C=O) groups is 3. The van der Waals surface area contributed by atoms with Crippen LogP contribution in [0, 0.1) is 5.92 Å². The highest BCUT2D eigenvalue weighted by Crippen LogP contribution is 2.27. The number of nitrogens with one attached hydrogen (secondary N) is 2. The molecule has 0 heterocycles. The van der Waals surface area contributed by atoms with Crippen LogP contribution in [0.15, 0.2) is 48.5 Å². The number of carbonyl (C=O) groups excluding carboxylic acids is 3. The molecular weight excluding hydrogens is 412 g/mol. The molecule has 0 radical (unpaired) electrons. The highest BCUT2D eigenvalue weighted by molar-refractivity contribution is 5.87. The summed E-state index contributed by atoms with van der Waals surface area (Å²) in [7, 11) is 3.08. The minimum atomic E-state index is -0.843. The van der Waals surface area contributed by atoms with Crippen LogP contribution in [-0.2, 0) is 32.1 Å². The summed E-state index contributed by atoms with van der Waals surface area (Å²) < 4.78 is 15.6. The van der Waals surface area contributed by atoms with Gasteiger partial charge in [0.25, 0.3) is 5.91 Å². The average molecular weight is 443 g/mol. The van der Waals surface area contributed by atoms with Gasteiger partial charge in [-0.15, -0.1) is 0 Å². The fourth-order valence-corrected chi connectivity index (χ4v) is 2.97. The topological polar surface area (TPSA) is 103 Å². The van der Waals surface area contributed by atoms with E-state index in [0.717, 1.165) is 11.1 Å². The Hall–Kier alpha value is -3.55.